The molecule has 0 saturated carbocycles. The Hall–Kier alpha value is -2.86. The molecule has 132 valence electrons. The second-order valence-corrected chi connectivity index (χ2v) is 6.38. The number of nitrogens with zero attached hydrogens (tertiary/aromatic N) is 3. The molecular formula is C19H16ClN3O3. The fraction of sp³-hybridized carbons (Fsp3) is 0.211. The van der Waals surface area contributed by atoms with Gasteiger partial charge in [0.2, 0.25) is 11.8 Å². The van der Waals surface area contributed by atoms with Crippen LogP contribution in [0.3, 0.4) is 0 Å². The van der Waals surface area contributed by atoms with E-state index in [1.54, 1.807) is 17.0 Å². The number of ether oxygens (including phenoxy) is 1. The highest BCUT2D eigenvalue weighted by Crippen LogP contribution is 2.25. The average Bonchev–Trinajstić information content (AvgIpc) is 3.29. The van der Waals surface area contributed by atoms with E-state index < -0.39 is 0 Å². The molecule has 7 heteroatoms. The molecule has 0 aliphatic carbocycles. The molecule has 26 heavy (non-hydrogen) atoms. The third-order valence-corrected chi connectivity index (χ3v) is 4.36. The van der Waals surface area contributed by atoms with E-state index in [-0.39, 0.29) is 12.5 Å². The summed E-state index contributed by atoms with van der Waals surface area (Å²) in [5, 5.41) is 8.61. The zero-order valence-electron chi connectivity index (χ0n) is 13.9. The predicted molar refractivity (Wildman–Crippen MR) is 97.1 cm³/mol. The molecule has 0 spiro atoms. The van der Waals surface area contributed by atoms with E-state index in [0.29, 0.717) is 29.0 Å². The van der Waals surface area contributed by atoms with E-state index in [0.717, 1.165) is 24.2 Å². The molecule has 1 aromatic heterocycles. The van der Waals surface area contributed by atoms with Gasteiger partial charge in [-0.2, -0.15) is 0 Å². The second-order valence-electron chi connectivity index (χ2n) is 5.94. The Bertz CT molecular complexity index is 924. The first-order valence-electron chi connectivity index (χ1n) is 8.30. The standard InChI is InChI=1S/C19H16ClN3O3/c20-14-4-1-3-13(11-14)19-22-21-17(26-19)12-25-16-8-6-15(7-9-16)23-10-2-5-18(23)24/h1,3-4,6-9,11H,2,5,10,12H2. The highest BCUT2D eigenvalue weighted by Gasteiger charge is 2.21. The van der Waals surface area contributed by atoms with Crippen LogP contribution in [0.15, 0.2) is 52.9 Å². The van der Waals surface area contributed by atoms with Crippen LogP contribution in [-0.2, 0) is 11.4 Å². The van der Waals surface area contributed by atoms with Gasteiger partial charge >= 0.3 is 0 Å². The topological polar surface area (TPSA) is 68.5 Å². The van der Waals surface area contributed by atoms with Crippen molar-refractivity contribution in [3.63, 3.8) is 0 Å². The Morgan fingerprint density at radius 3 is 2.73 bits per heavy atom. The first kappa shape index (κ1) is 16.6. The maximum Gasteiger partial charge on any atom is 0.254 e. The molecular weight excluding hydrogens is 354 g/mol. The number of hydrogen-bond donors (Lipinski definition) is 0. The first-order chi connectivity index (χ1) is 12.7. The number of halogens is 1. The van der Waals surface area contributed by atoms with Crippen LogP contribution in [0.25, 0.3) is 11.5 Å². The lowest BCUT2D eigenvalue weighted by atomic mass is 10.2. The molecule has 1 amide bonds. The molecule has 1 fully saturated rings. The van der Waals surface area contributed by atoms with Crippen molar-refractivity contribution in [2.24, 2.45) is 0 Å². The fourth-order valence-corrected chi connectivity index (χ4v) is 3.03. The highest BCUT2D eigenvalue weighted by atomic mass is 35.5. The van der Waals surface area contributed by atoms with Crippen LogP contribution in [-0.4, -0.2) is 22.6 Å². The largest absolute Gasteiger partial charge is 0.484 e. The van der Waals surface area contributed by atoms with Gasteiger partial charge in [-0.3, -0.25) is 4.79 Å². The molecule has 4 rings (SSSR count). The molecule has 2 aromatic carbocycles. The summed E-state index contributed by atoms with van der Waals surface area (Å²) in [7, 11) is 0. The number of carbonyl (C=O) groups excluding carboxylic acids is 1. The minimum absolute atomic E-state index is 0.162. The molecule has 1 aliphatic rings. The van der Waals surface area contributed by atoms with Gasteiger partial charge in [0.05, 0.1) is 0 Å². The summed E-state index contributed by atoms with van der Waals surface area (Å²) in [6.45, 7) is 0.933. The maximum absolute atomic E-state index is 11.8. The van der Waals surface area contributed by atoms with E-state index >= 15 is 0 Å². The number of carbonyl (C=O) groups is 1. The zero-order valence-corrected chi connectivity index (χ0v) is 14.6. The van der Waals surface area contributed by atoms with Crippen LogP contribution in [0.5, 0.6) is 5.75 Å². The number of amides is 1. The molecule has 1 saturated heterocycles. The quantitative estimate of drug-likeness (QED) is 0.677. The lowest BCUT2D eigenvalue weighted by Gasteiger charge is -2.15. The number of rotatable bonds is 5. The average molecular weight is 370 g/mol. The smallest absolute Gasteiger partial charge is 0.254 e. The number of hydrogen-bond acceptors (Lipinski definition) is 5. The van der Waals surface area contributed by atoms with Crippen molar-refractivity contribution in [1.29, 1.82) is 0 Å². The summed E-state index contributed by atoms with van der Waals surface area (Å²) in [5.41, 5.74) is 1.65. The Labute approximate surface area is 155 Å². The van der Waals surface area contributed by atoms with Gasteiger partial charge in [-0.25, -0.2) is 0 Å². The van der Waals surface area contributed by atoms with Crippen molar-refractivity contribution in [2.75, 3.05) is 11.4 Å². The second kappa shape index (κ2) is 7.17. The normalized spacial score (nSPS) is 14.0. The first-order valence-corrected chi connectivity index (χ1v) is 8.68. The maximum atomic E-state index is 11.8. The minimum Gasteiger partial charge on any atom is -0.484 e. The monoisotopic (exact) mass is 369 g/mol. The van der Waals surface area contributed by atoms with E-state index in [1.165, 1.54) is 0 Å². The van der Waals surface area contributed by atoms with Gasteiger partial charge in [0.15, 0.2) is 6.61 Å². The van der Waals surface area contributed by atoms with E-state index in [2.05, 4.69) is 10.2 Å². The van der Waals surface area contributed by atoms with Gasteiger partial charge in [-0.15, -0.1) is 10.2 Å². The summed E-state index contributed by atoms with van der Waals surface area (Å²) in [5.74, 6) is 1.61. The Kier molecular flexibility index (Phi) is 4.58. The molecule has 3 aromatic rings. The van der Waals surface area contributed by atoms with Gasteiger partial charge in [0, 0.05) is 29.2 Å². The van der Waals surface area contributed by atoms with Crippen LogP contribution in [0.2, 0.25) is 5.02 Å². The summed E-state index contributed by atoms with van der Waals surface area (Å²) in [6, 6.07) is 14.6. The molecule has 1 aliphatic heterocycles. The summed E-state index contributed by atoms with van der Waals surface area (Å²) in [6.07, 6.45) is 1.52. The number of anilines is 1. The van der Waals surface area contributed by atoms with Gasteiger partial charge in [-0.05, 0) is 48.9 Å². The minimum atomic E-state index is 0.162. The van der Waals surface area contributed by atoms with Gasteiger partial charge < -0.3 is 14.1 Å². The molecule has 0 radical (unpaired) electrons. The zero-order chi connectivity index (χ0) is 17.9. The van der Waals surface area contributed by atoms with Crippen molar-refractivity contribution in [2.45, 2.75) is 19.4 Å². The summed E-state index contributed by atoms with van der Waals surface area (Å²) >= 11 is 5.97. The predicted octanol–water partition coefficient (Wildman–Crippen LogP) is 4.10. The van der Waals surface area contributed by atoms with Gasteiger partial charge in [0.1, 0.15) is 5.75 Å². The van der Waals surface area contributed by atoms with Crippen molar-refractivity contribution >= 4 is 23.2 Å². The molecule has 2 heterocycles. The third-order valence-electron chi connectivity index (χ3n) is 4.12. The van der Waals surface area contributed by atoms with E-state index in [4.69, 9.17) is 20.8 Å². The third kappa shape index (κ3) is 3.55. The summed E-state index contributed by atoms with van der Waals surface area (Å²) in [4.78, 5) is 13.6. The van der Waals surface area contributed by atoms with Crippen LogP contribution < -0.4 is 9.64 Å². The van der Waals surface area contributed by atoms with Crippen LogP contribution in [0.4, 0.5) is 5.69 Å². The van der Waals surface area contributed by atoms with Gasteiger partial charge in [-0.1, -0.05) is 17.7 Å². The number of benzene rings is 2. The molecule has 0 atom stereocenters. The molecule has 0 bridgehead atoms. The Morgan fingerprint density at radius 2 is 2.00 bits per heavy atom. The molecule has 0 N–H and O–H groups in total. The van der Waals surface area contributed by atoms with Crippen molar-refractivity contribution < 1.29 is 13.9 Å². The van der Waals surface area contributed by atoms with Crippen LogP contribution >= 0.6 is 11.6 Å². The van der Waals surface area contributed by atoms with E-state index in [9.17, 15) is 4.79 Å². The molecule has 6 nitrogen and oxygen atoms in total. The van der Waals surface area contributed by atoms with Gasteiger partial charge in [0.25, 0.3) is 5.89 Å². The van der Waals surface area contributed by atoms with Crippen molar-refractivity contribution in [3.05, 3.63) is 59.4 Å². The lowest BCUT2D eigenvalue weighted by Crippen LogP contribution is -2.23. The number of aromatic nitrogens is 2. The van der Waals surface area contributed by atoms with Crippen molar-refractivity contribution in [3.8, 4) is 17.2 Å². The highest BCUT2D eigenvalue weighted by molar-refractivity contribution is 6.30. The molecule has 0 unspecified atom stereocenters. The van der Waals surface area contributed by atoms with Crippen LogP contribution in [0, 0.1) is 0 Å². The Morgan fingerprint density at radius 1 is 1.15 bits per heavy atom. The van der Waals surface area contributed by atoms with Crippen molar-refractivity contribution in [1.82, 2.24) is 10.2 Å². The SMILES string of the molecule is O=C1CCCN1c1ccc(OCc2nnc(-c3cccc(Cl)c3)o2)cc1. The Balaban J connectivity index is 1.39. The summed E-state index contributed by atoms with van der Waals surface area (Å²) < 4.78 is 11.3. The van der Waals surface area contributed by atoms with Crippen LogP contribution in [0.1, 0.15) is 18.7 Å². The van der Waals surface area contributed by atoms with E-state index in [1.807, 2.05) is 36.4 Å². The fourth-order valence-electron chi connectivity index (χ4n) is 2.84. The lowest BCUT2D eigenvalue weighted by molar-refractivity contribution is -0.117.